The number of hydrogen-bond donors (Lipinski definition) is 0. The SMILES string of the molecule is C=CCN(C)CC(C)Cc1ccc2ccccc2c1. The molecule has 1 nitrogen and oxygen atoms in total. The second-order valence-electron chi connectivity index (χ2n) is 5.50. The van der Waals surface area contributed by atoms with Crippen LogP contribution in [0.25, 0.3) is 10.8 Å². The van der Waals surface area contributed by atoms with Crippen molar-refractivity contribution in [3.05, 3.63) is 60.7 Å². The Morgan fingerprint density at radius 2 is 1.89 bits per heavy atom. The van der Waals surface area contributed by atoms with Gasteiger partial charge in [0.15, 0.2) is 0 Å². The largest absolute Gasteiger partial charge is 0.302 e. The highest BCUT2D eigenvalue weighted by atomic mass is 15.1. The summed E-state index contributed by atoms with van der Waals surface area (Å²) in [6, 6.07) is 15.4. The highest BCUT2D eigenvalue weighted by Crippen LogP contribution is 2.18. The predicted molar refractivity (Wildman–Crippen MR) is 84.5 cm³/mol. The Morgan fingerprint density at radius 1 is 1.16 bits per heavy atom. The zero-order chi connectivity index (χ0) is 13.7. The molecule has 2 aromatic rings. The average molecular weight is 253 g/mol. The van der Waals surface area contributed by atoms with Crippen molar-refractivity contribution < 1.29 is 0 Å². The van der Waals surface area contributed by atoms with Gasteiger partial charge in [-0.2, -0.15) is 0 Å². The molecule has 0 amide bonds. The third-order valence-corrected chi connectivity index (χ3v) is 3.46. The summed E-state index contributed by atoms with van der Waals surface area (Å²) < 4.78 is 0. The summed E-state index contributed by atoms with van der Waals surface area (Å²) >= 11 is 0. The van der Waals surface area contributed by atoms with E-state index in [9.17, 15) is 0 Å². The number of nitrogens with zero attached hydrogens (tertiary/aromatic N) is 1. The lowest BCUT2D eigenvalue weighted by atomic mass is 9.98. The molecule has 0 N–H and O–H groups in total. The lowest BCUT2D eigenvalue weighted by Crippen LogP contribution is -2.25. The van der Waals surface area contributed by atoms with Crippen LogP contribution in [0.4, 0.5) is 0 Å². The maximum atomic E-state index is 3.78. The van der Waals surface area contributed by atoms with Crippen LogP contribution in [-0.2, 0) is 6.42 Å². The average Bonchev–Trinajstić information content (AvgIpc) is 2.38. The Hall–Kier alpha value is -1.60. The molecule has 100 valence electrons. The van der Waals surface area contributed by atoms with E-state index in [0.29, 0.717) is 5.92 Å². The van der Waals surface area contributed by atoms with Gasteiger partial charge in [0.1, 0.15) is 0 Å². The molecule has 0 aromatic heterocycles. The quantitative estimate of drug-likeness (QED) is 0.699. The fourth-order valence-electron chi connectivity index (χ4n) is 2.66. The molecule has 0 heterocycles. The van der Waals surface area contributed by atoms with Gasteiger partial charge in [-0.15, -0.1) is 6.58 Å². The smallest absolute Gasteiger partial charge is 0.0157 e. The molecule has 2 rings (SSSR count). The van der Waals surface area contributed by atoms with Gasteiger partial charge in [0.05, 0.1) is 0 Å². The van der Waals surface area contributed by atoms with E-state index in [1.165, 1.54) is 16.3 Å². The summed E-state index contributed by atoms with van der Waals surface area (Å²) in [5, 5.41) is 2.66. The molecular weight excluding hydrogens is 230 g/mol. The number of hydrogen-bond acceptors (Lipinski definition) is 1. The van der Waals surface area contributed by atoms with Gasteiger partial charge < -0.3 is 4.90 Å². The third kappa shape index (κ3) is 3.93. The van der Waals surface area contributed by atoms with Crippen LogP contribution in [-0.4, -0.2) is 25.0 Å². The van der Waals surface area contributed by atoms with E-state index < -0.39 is 0 Å². The van der Waals surface area contributed by atoms with E-state index in [1.54, 1.807) is 0 Å². The van der Waals surface area contributed by atoms with Crippen molar-refractivity contribution >= 4 is 10.8 Å². The zero-order valence-electron chi connectivity index (χ0n) is 12.0. The van der Waals surface area contributed by atoms with Crippen LogP contribution in [0.5, 0.6) is 0 Å². The van der Waals surface area contributed by atoms with Crippen molar-refractivity contribution in [3.8, 4) is 0 Å². The summed E-state index contributed by atoms with van der Waals surface area (Å²) in [7, 11) is 2.15. The fourth-order valence-corrected chi connectivity index (χ4v) is 2.66. The molecule has 1 unspecified atom stereocenters. The zero-order valence-corrected chi connectivity index (χ0v) is 12.0. The van der Waals surface area contributed by atoms with E-state index in [2.05, 4.69) is 67.9 Å². The fraction of sp³-hybridized carbons (Fsp3) is 0.333. The van der Waals surface area contributed by atoms with Crippen LogP contribution < -0.4 is 0 Å². The summed E-state index contributed by atoms with van der Waals surface area (Å²) in [5.41, 5.74) is 1.43. The van der Waals surface area contributed by atoms with Crippen LogP contribution in [0.3, 0.4) is 0 Å². The molecule has 0 saturated heterocycles. The predicted octanol–water partition coefficient (Wildman–Crippen LogP) is 4.14. The van der Waals surface area contributed by atoms with Gasteiger partial charge in [0.2, 0.25) is 0 Å². The topological polar surface area (TPSA) is 3.24 Å². The Bertz CT molecular complexity index is 544. The first kappa shape index (κ1) is 13.8. The summed E-state index contributed by atoms with van der Waals surface area (Å²) in [6.45, 7) is 8.17. The number of likely N-dealkylation sites (N-methyl/N-ethyl adjacent to an activating group) is 1. The van der Waals surface area contributed by atoms with Crippen LogP contribution >= 0.6 is 0 Å². The summed E-state index contributed by atoms with van der Waals surface area (Å²) in [5.74, 6) is 0.658. The van der Waals surface area contributed by atoms with Crippen LogP contribution in [0.15, 0.2) is 55.1 Å². The molecule has 0 bridgehead atoms. The van der Waals surface area contributed by atoms with Crippen molar-refractivity contribution in [1.82, 2.24) is 4.90 Å². The molecule has 0 fully saturated rings. The van der Waals surface area contributed by atoms with Crippen LogP contribution in [0, 0.1) is 5.92 Å². The Balaban J connectivity index is 2.02. The van der Waals surface area contributed by atoms with Gasteiger partial charge in [-0.25, -0.2) is 0 Å². The van der Waals surface area contributed by atoms with E-state index in [-0.39, 0.29) is 0 Å². The van der Waals surface area contributed by atoms with E-state index >= 15 is 0 Å². The Morgan fingerprint density at radius 3 is 2.63 bits per heavy atom. The van der Waals surface area contributed by atoms with E-state index in [1.807, 2.05) is 6.08 Å². The number of rotatable bonds is 6. The lowest BCUT2D eigenvalue weighted by Gasteiger charge is -2.20. The molecule has 19 heavy (non-hydrogen) atoms. The lowest BCUT2D eigenvalue weighted by molar-refractivity contribution is 0.311. The molecule has 1 atom stereocenters. The van der Waals surface area contributed by atoms with E-state index in [0.717, 1.165) is 19.5 Å². The minimum atomic E-state index is 0.658. The van der Waals surface area contributed by atoms with Crippen molar-refractivity contribution in [2.24, 2.45) is 5.92 Å². The minimum Gasteiger partial charge on any atom is -0.302 e. The molecule has 1 heteroatoms. The second-order valence-corrected chi connectivity index (χ2v) is 5.50. The minimum absolute atomic E-state index is 0.658. The van der Waals surface area contributed by atoms with Crippen molar-refractivity contribution in [2.75, 3.05) is 20.1 Å². The van der Waals surface area contributed by atoms with Crippen molar-refractivity contribution in [1.29, 1.82) is 0 Å². The van der Waals surface area contributed by atoms with Gasteiger partial charge in [-0.1, -0.05) is 55.5 Å². The normalized spacial score (nSPS) is 12.8. The molecule has 0 radical (unpaired) electrons. The van der Waals surface area contributed by atoms with E-state index in [4.69, 9.17) is 0 Å². The third-order valence-electron chi connectivity index (χ3n) is 3.46. The highest BCUT2D eigenvalue weighted by Gasteiger charge is 2.07. The van der Waals surface area contributed by atoms with Gasteiger partial charge in [0.25, 0.3) is 0 Å². The number of benzene rings is 2. The van der Waals surface area contributed by atoms with Gasteiger partial charge in [-0.3, -0.25) is 0 Å². The maximum Gasteiger partial charge on any atom is 0.0157 e. The Labute approximate surface area is 116 Å². The number of fused-ring (bicyclic) bond motifs is 1. The van der Waals surface area contributed by atoms with Gasteiger partial charge in [0, 0.05) is 13.1 Å². The van der Waals surface area contributed by atoms with Crippen molar-refractivity contribution in [2.45, 2.75) is 13.3 Å². The van der Waals surface area contributed by atoms with Crippen molar-refractivity contribution in [3.63, 3.8) is 0 Å². The maximum absolute atomic E-state index is 3.78. The molecule has 0 aliphatic heterocycles. The standard InChI is InChI=1S/C18H23N/c1-4-11-19(3)14-15(2)12-16-9-10-17-7-5-6-8-18(17)13-16/h4-10,13,15H,1,11-12,14H2,2-3H3. The molecule has 2 aromatic carbocycles. The highest BCUT2D eigenvalue weighted by molar-refractivity contribution is 5.82. The summed E-state index contributed by atoms with van der Waals surface area (Å²) in [4.78, 5) is 2.32. The molecular formula is C18H23N. The molecule has 0 aliphatic rings. The van der Waals surface area contributed by atoms with Crippen LogP contribution in [0.1, 0.15) is 12.5 Å². The summed E-state index contributed by atoms with van der Waals surface area (Å²) in [6.07, 6.45) is 3.09. The first-order valence-corrected chi connectivity index (χ1v) is 6.96. The molecule has 0 saturated carbocycles. The molecule has 0 aliphatic carbocycles. The van der Waals surface area contributed by atoms with Gasteiger partial charge in [-0.05, 0) is 35.7 Å². The van der Waals surface area contributed by atoms with Gasteiger partial charge >= 0.3 is 0 Å². The molecule has 0 spiro atoms. The first-order valence-electron chi connectivity index (χ1n) is 6.96. The second kappa shape index (κ2) is 6.53. The van der Waals surface area contributed by atoms with Crippen LogP contribution in [0.2, 0.25) is 0 Å². The first-order chi connectivity index (χ1) is 9.19. The Kier molecular flexibility index (Phi) is 4.75. The monoisotopic (exact) mass is 253 g/mol.